The fraction of sp³-hybridized carbons (Fsp3) is 0.625. The van der Waals surface area contributed by atoms with Crippen LogP contribution in [0.2, 0.25) is 0 Å². The summed E-state index contributed by atoms with van der Waals surface area (Å²) in [7, 11) is 0. The molecule has 1 rings (SSSR count). The summed E-state index contributed by atoms with van der Waals surface area (Å²) in [6, 6.07) is 0. The maximum atomic E-state index is 8.81. The molecule has 1 atom stereocenters. The van der Waals surface area contributed by atoms with Crippen LogP contribution in [0.4, 0.5) is 0 Å². The molecule has 1 heterocycles. The Morgan fingerprint density at radius 3 is 3.08 bits per heavy atom. The first kappa shape index (κ1) is 9.22. The van der Waals surface area contributed by atoms with E-state index in [-0.39, 0.29) is 12.1 Å². The summed E-state index contributed by atoms with van der Waals surface area (Å²) in [6.07, 6.45) is 3.02. The third-order valence-electron chi connectivity index (χ3n) is 1.65. The van der Waals surface area contributed by atoms with E-state index in [1.807, 2.05) is 6.08 Å². The third-order valence-corrected chi connectivity index (χ3v) is 1.65. The van der Waals surface area contributed by atoms with Crippen LogP contribution in [0.5, 0.6) is 0 Å². The Labute approximate surface area is 71.5 Å². The van der Waals surface area contributed by atoms with E-state index in [9.17, 15) is 0 Å². The Morgan fingerprint density at radius 1 is 1.83 bits per heavy atom. The van der Waals surface area contributed by atoms with E-state index in [0.717, 1.165) is 12.8 Å². The summed E-state index contributed by atoms with van der Waals surface area (Å²) < 4.78 is 5.21. The first-order valence-electron chi connectivity index (χ1n) is 4.04. The Kier molecular flexibility index (Phi) is 3.25. The van der Waals surface area contributed by atoms with Gasteiger partial charge in [0.15, 0.2) is 0 Å². The fourth-order valence-electron chi connectivity index (χ4n) is 1.08. The normalized spacial score (nSPS) is 19.3. The largest absolute Gasteiger partial charge is 0.492 e. The van der Waals surface area contributed by atoms with Crippen LogP contribution in [0.25, 0.3) is 0 Å². The van der Waals surface area contributed by atoms with Crippen LogP contribution in [0.15, 0.2) is 11.8 Å². The quantitative estimate of drug-likeness (QED) is 0.423. The van der Waals surface area contributed by atoms with Crippen LogP contribution in [0, 0.1) is 5.41 Å². The number of ether oxygens (including phenoxy) is 1. The molecular formula is C8H14N2O2. The van der Waals surface area contributed by atoms with Crippen molar-refractivity contribution in [1.82, 2.24) is 0 Å². The monoisotopic (exact) mass is 170 g/mol. The van der Waals surface area contributed by atoms with E-state index in [0.29, 0.717) is 12.4 Å². The summed E-state index contributed by atoms with van der Waals surface area (Å²) in [5.41, 5.74) is 5.41. The molecule has 1 unspecified atom stereocenters. The van der Waals surface area contributed by atoms with Gasteiger partial charge in [-0.2, -0.15) is 0 Å². The molecule has 0 amide bonds. The zero-order valence-electron chi connectivity index (χ0n) is 6.92. The van der Waals surface area contributed by atoms with Gasteiger partial charge in [0.25, 0.3) is 0 Å². The Hall–Kier alpha value is -0.870. The topological polar surface area (TPSA) is 79.3 Å². The van der Waals surface area contributed by atoms with Crippen molar-refractivity contribution in [3.8, 4) is 0 Å². The molecule has 0 radical (unpaired) electrons. The molecule has 0 aromatic heterocycles. The lowest BCUT2D eigenvalue weighted by atomic mass is 10.1. The maximum Gasteiger partial charge on any atom is 0.136 e. The Balaban J connectivity index is 2.45. The first-order valence-corrected chi connectivity index (χ1v) is 4.04. The van der Waals surface area contributed by atoms with Crippen LogP contribution in [-0.2, 0) is 4.74 Å². The number of nitrogens with one attached hydrogen (secondary N) is 1. The SMILES string of the molecule is N=C(CC(N)O)C1=CCCCO1. The Bertz CT molecular complexity index is 199. The molecule has 68 valence electrons. The average molecular weight is 170 g/mol. The molecule has 4 N–H and O–H groups in total. The smallest absolute Gasteiger partial charge is 0.136 e. The number of nitrogens with two attached hydrogens (primary N) is 1. The molecular weight excluding hydrogens is 156 g/mol. The van der Waals surface area contributed by atoms with E-state index >= 15 is 0 Å². The van der Waals surface area contributed by atoms with Crippen LogP contribution in [0.3, 0.4) is 0 Å². The molecule has 0 fully saturated rings. The van der Waals surface area contributed by atoms with Crippen LogP contribution < -0.4 is 5.73 Å². The van der Waals surface area contributed by atoms with Gasteiger partial charge in [-0.05, 0) is 18.9 Å². The molecule has 0 saturated carbocycles. The van der Waals surface area contributed by atoms with Crippen LogP contribution in [-0.4, -0.2) is 23.7 Å². The molecule has 0 bridgehead atoms. The van der Waals surface area contributed by atoms with E-state index < -0.39 is 6.23 Å². The minimum atomic E-state index is -0.955. The minimum absolute atomic E-state index is 0.159. The van der Waals surface area contributed by atoms with Crippen molar-refractivity contribution in [1.29, 1.82) is 5.41 Å². The lowest BCUT2D eigenvalue weighted by molar-refractivity contribution is 0.182. The molecule has 0 spiro atoms. The van der Waals surface area contributed by atoms with E-state index in [2.05, 4.69) is 0 Å². The summed E-state index contributed by atoms with van der Waals surface area (Å²) >= 11 is 0. The van der Waals surface area contributed by atoms with Gasteiger partial charge in [-0.1, -0.05) is 0 Å². The Morgan fingerprint density at radius 2 is 2.58 bits per heavy atom. The zero-order chi connectivity index (χ0) is 8.97. The number of hydrogen-bond acceptors (Lipinski definition) is 4. The molecule has 0 aromatic rings. The van der Waals surface area contributed by atoms with Crippen LogP contribution >= 0.6 is 0 Å². The molecule has 0 saturated heterocycles. The van der Waals surface area contributed by atoms with Gasteiger partial charge in [0.05, 0.1) is 12.3 Å². The van der Waals surface area contributed by atoms with E-state index in [4.69, 9.17) is 21.0 Å². The van der Waals surface area contributed by atoms with Gasteiger partial charge in [0.2, 0.25) is 0 Å². The van der Waals surface area contributed by atoms with Crippen molar-refractivity contribution in [3.05, 3.63) is 11.8 Å². The highest BCUT2D eigenvalue weighted by Crippen LogP contribution is 2.12. The standard InChI is InChI=1S/C8H14N2O2/c9-6(5-8(10)11)7-3-1-2-4-12-7/h3,8-9,11H,1-2,4-5,10H2. The van der Waals surface area contributed by atoms with E-state index in [1.54, 1.807) is 0 Å². The maximum absolute atomic E-state index is 8.81. The van der Waals surface area contributed by atoms with Crippen molar-refractivity contribution in [2.45, 2.75) is 25.5 Å². The highest BCUT2D eigenvalue weighted by atomic mass is 16.5. The molecule has 1 aliphatic rings. The summed E-state index contributed by atoms with van der Waals surface area (Å²) in [6.45, 7) is 0.662. The molecule has 4 nitrogen and oxygen atoms in total. The van der Waals surface area contributed by atoms with Gasteiger partial charge < -0.3 is 21.0 Å². The molecule has 0 aliphatic carbocycles. The molecule has 4 heteroatoms. The van der Waals surface area contributed by atoms with Crippen molar-refractivity contribution < 1.29 is 9.84 Å². The van der Waals surface area contributed by atoms with Gasteiger partial charge in [0, 0.05) is 6.42 Å². The number of aliphatic hydroxyl groups excluding tert-OH is 1. The fourth-order valence-corrected chi connectivity index (χ4v) is 1.08. The van der Waals surface area contributed by atoms with E-state index in [1.165, 1.54) is 0 Å². The lowest BCUT2D eigenvalue weighted by Gasteiger charge is -2.16. The average Bonchev–Trinajstić information content (AvgIpc) is 2.05. The van der Waals surface area contributed by atoms with Crippen molar-refractivity contribution in [2.24, 2.45) is 5.73 Å². The van der Waals surface area contributed by atoms with Gasteiger partial charge in [-0.15, -0.1) is 0 Å². The van der Waals surface area contributed by atoms with Gasteiger partial charge in [-0.3, -0.25) is 0 Å². The summed E-state index contributed by atoms with van der Waals surface area (Å²) in [5.74, 6) is 0.575. The highest BCUT2D eigenvalue weighted by Gasteiger charge is 2.11. The summed E-state index contributed by atoms with van der Waals surface area (Å²) in [5, 5.41) is 16.3. The summed E-state index contributed by atoms with van der Waals surface area (Å²) in [4.78, 5) is 0. The number of hydrogen-bond donors (Lipinski definition) is 3. The highest BCUT2D eigenvalue weighted by molar-refractivity contribution is 5.96. The molecule has 1 aliphatic heterocycles. The van der Waals surface area contributed by atoms with Crippen molar-refractivity contribution in [3.63, 3.8) is 0 Å². The second-order valence-corrected chi connectivity index (χ2v) is 2.81. The second-order valence-electron chi connectivity index (χ2n) is 2.81. The molecule has 12 heavy (non-hydrogen) atoms. The molecule has 0 aromatic carbocycles. The number of rotatable bonds is 3. The predicted octanol–water partition coefficient (Wildman–Crippen LogP) is 0.368. The minimum Gasteiger partial charge on any atom is -0.492 e. The van der Waals surface area contributed by atoms with Gasteiger partial charge in [0.1, 0.15) is 12.0 Å². The lowest BCUT2D eigenvalue weighted by Crippen LogP contribution is -2.24. The predicted molar refractivity (Wildman–Crippen MR) is 45.8 cm³/mol. The second kappa shape index (κ2) is 4.23. The number of aliphatic hydroxyl groups is 1. The number of allylic oxidation sites excluding steroid dienone is 2. The van der Waals surface area contributed by atoms with Crippen molar-refractivity contribution >= 4 is 5.71 Å². The van der Waals surface area contributed by atoms with Gasteiger partial charge >= 0.3 is 0 Å². The third kappa shape index (κ3) is 2.64. The van der Waals surface area contributed by atoms with Crippen molar-refractivity contribution in [2.75, 3.05) is 6.61 Å². The first-order chi connectivity index (χ1) is 5.70. The zero-order valence-corrected chi connectivity index (χ0v) is 6.92. The van der Waals surface area contributed by atoms with Crippen LogP contribution in [0.1, 0.15) is 19.3 Å². The van der Waals surface area contributed by atoms with Gasteiger partial charge in [-0.25, -0.2) is 0 Å².